The number of carbonyl (C=O) groups excluding carboxylic acids is 1. The molecule has 0 saturated heterocycles. The third-order valence-corrected chi connectivity index (χ3v) is 4.14. The molecule has 1 amide bonds. The molecule has 4 nitrogen and oxygen atoms in total. The molecule has 17 heavy (non-hydrogen) atoms. The van der Waals surface area contributed by atoms with Crippen molar-refractivity contribution in [1.82, 2.24) is 5.32 Å². The van der Waals surface area contributed by atoms with E-state index in [2.05, 4.69) is 5.32 Å². The minimum absolute atomic E-state index is 0.0839. The number of hydrogen-bond donors (Lipinski definition) is 2. The predicted octanol–water partition coefficient (Wildman–Crippen LogP) is 1.94. The Bertz CT molecular complexity index is 297. The van der Waals surface area contributed by atoms with Gasteiger partial charge in [-0.2, -0.15) is 0 Å². The lowest BCUT2D eigenvalue weighted by atomic mass is 9.84. The molecule has 2 aliphatic rings. The van der Waals surface area contributed by atoms with E-state index in [9.17, 15) is 9.59 Å². The Labute approximate surface area is 102 Å². The van der Waals surface area contributed by atoms with Crippen LogP contribution in [0.25, 0.3) is 0 Å². The Balaban J connectivity index is 1.90. The number of rotatable bonds is 3. The summed E-state index contributed by atoms with van der Waals surface area (Å²) in [4.78, 5) is 23.1. The van der Waals surface area contributed by atoms with Gasteiger partial charge in [0, 0.05) is 12.0 Å². The number of carboxylic acids is 1. The maximum Gasteiger partial charge on any atom is 0.308 e. The Hall–Kier alpha value is -1.06. The molecule has 0 aromatic rings. The van der Waals surface area contributed by atoms with E-state index in [4.69, 9.17) is 5.11 Å². The van der Waals surface area contributed by atoms with Gasteiger partial charge in [-0.25, -0.2) is 0 Å². The van der Waals surface area contributed by atoms with Gasteiger partial charge in [0.15, 0.2) is 0 Å². The highest BCUT2D eigenvalue weighted by atomic mass is 16.4. The molecule has 2 aliphatic carbocycles. The summed E-state index contributed by atoms with van der Waals surface area (Å²) in [6.45, 7) is 0. The molecule has 96 valence electrons. The highest BCUT2D eigenvalue weighted by Crippen LogP contribution is 2.28. The molecule has 4 heteroatoms. The highest BCUT2D eigenvalue weighted by molar-refractivity contribution is 5.80. The van der Waals surface area contributed by atoms with Crippen molar-refractivity contribution in [3.8, 4) is 0 Å². The average Bonchev–Trinajstić information content (AvgIpc) is 2.83. The number of carboxylic acid groups (broad SMARTS) is 1. The van der Waals surface area contributed by atoms with Gasteiger partial charge in [0.25, 0.3) is 0 Å². The summed E-state index contributed by atoms with van der Waals surface area (Å²) in [6.07, 6.45) is 7.70. The molecule has 2 atom stereocenters. The minimum atomic E-state index is -0.763. The standard InChI is InChI=1S/C13H21NO3/c15-12(9-5-1-2-6-9)14-11-8-4-3-7-10(11)13(16)17/h9-11H,1-8H2,(H,14,15)(H,16,17)/t10-,11+/m1/s1. The van der Waals surface area contributed by atoms with E-state index in [1.165, 1.54) is 0 Å². The van der Waals surface area contributed by atoms with Gasteiger partial charge in [-0.3, -0.25) is 9.59 Å². The number of aliphatic carboxylic acids is 1. The van der Waals surface area contributed by atoms with E-state index in [-0.39, 0.29) is 23.8 Å². The van der Waals surface area contributed by atoms with Crippen LogP contribution in [0.4, 0.5) is 0 Å². The first kappa shape index (κ1) is 12.4. The van der Waals surface area contributed by atoms with Crippen LogP contribution >= 0.6 is 0 Å². The third-order valence-electron chi connectivity index (χ3n) is 4.14. The van der Waals surface area contributed by atoms with Crippen LogP contribution < -0.4 is 5.32 Å². The topological polar surface area (TPSA) is 66.4 Å². The summed E-state index contributed by atoms with van der Waals surface area (Å²) in [5.41, 5.74) is 0. The smallest absolute Gasteiger partial charge is 0.308 e. The van der Waals surface area contributed by atoms with Gasteiger partial charge in [0.05, 0.1) is 5.92 Å². The monoisotopic (exact) mass is 239 g/mol. The molecule has 2 rings (SSSR count). The van der Waals surface area contributed by atoms with Crippen molar-refractivity contribution < 1.29 is 14.7 Å². The second-order valence-corrected chi connectivity index (χ2v) is 5.33. The molecule has 0 aromatic carbocycles. The second-order valence-electron chi connectivity index (χ2n) is 5.33. The maximum atomic E-state index is 12.0. The lowest BCUT2D eigenvalue weighted by Gasteiger charge is -2.30. The molecule has 2 N–H and O–H groups in total. The summed E-state index contributed by atoms with van der Waals surface area (Å²) in [5.74, 6) is -0.928. The first-order valence-electron chi connectivity index (χ1n) is 6.71. The lowest BCUT2D eigenvalue weighted by molar-refractivity contribution is -0.144. The molecule has 2 fully saturated rings. The van der Waals surface area contributed by atoms with Crippen LogP contribution in [0, 0.1) is 11.8 Å². The zero-order valence-electron chi connectivity index (χ0n) is 10.2. The zero-order valence-corrected chi connectivity index (χ0v) is 10.2. The second kappa shape index (κ2) is 5.52. The van der Waals surface area contributed by atoms with Crippen molar-refractivity contribution in [2.24, 2.45) is 11.8 Å². The molecular formula is C13H21NO3. The van der Waals surface area contributed by atoms with E-state index in [0.717, 1.165) is 44.9 Å². The van der Waals surface area contributed by atoms with Crippen LogP contribution in [0.3, 0.4) is 0 Å². The molecular weight excluding hydrogens is 218 g/mol. The fourth-order valence-corrected chi connectivity index (χ4v) is 3.09. The fourth-order valence-electron chi connectivity index (χ4n) is 3.09. The fraction of sp³-hybridized carbons (Fsp3) is 0.846. The SMILES string of the molecule is O=C(N[C@H]1CCCC[C@H]1C(=O)O)C1CCCC1. The van der Waals surface area contributed by atoms with Gasteiger partial charge in [0.2, 0.25) is 5.91 Å². The van der Waals surface area contributed by atoms with Gasteiger partial charge in [-0.05, 0) is 25.7 Å². The van der Waals surface area contributed by atoms with Crippen molar-refractivity contribution in [3.63, 3.8) is 0 Å². The van der Waals surface area contributed by atoms with Crippen LogP contribution in [0.5, 0.6) is 0 Å². The van der Waals surface area contributed by atoms with Crippen molar-refractivity contribution in [2.75, 3.05) is 0 Å². The first-order valence-corrected chi connectivity index (χ1v) is 6.71. The van der Waals surface area contributed by atoms with Crippen molar-refractivity contribution >= 4 is 11.9 Å². The maximum absolute atomic E-state index is 12.0. The number of hydrogen-bond acceptors (Lipinski definition) is 2. The van der Waals surface area contributed by atoms with Crippen LogP contribution in [-0.2, 0) is 9.59 Å². The van der Waals surface area contributed by atoms with E-state index in [1.54, 1.807) is 0 Å². The first-order chi connectivity index (χ1) is 8.18. The van der Waals surface area contributed by atoms with Gasteiger partial charge in [-0.1, -0.05) is 25.7 Å². The van der Waals surface area contributed by atoms with Crippen molar-refractivity contribution in [1.29, 1.82) is 0 Å². The summed E-state index contributed by atoms with van der Waals surface area (Å²) in [5, 5.41) is 12.1. The largest absolute Gasteiger partial charge is 0.481 e. The van der Waals surface area contributed by atoms with Gasteiger partial charge in [0.1, 0.15) is 0 Å². The molecule has 2 saturated carbocycles. The Morgan fingerprint density at radius 2 is 1.53 bits per heavy atom. The number of carbonyl (C=O) groups is 2. The number of nitrogens with one attached hydrogen (secondary N) is 1. The minimum Gasteiger partial charge on any atom is -0.481 e. The molecule has 0 bridgehead atoms. The molecule has 0 unspecified atom stereocenters. The number of amides is 1. The quantitative estimate of drug-likeness (QED) is 0.791. The Morgan fingerprint density at radius 1 is 0.941 bits per heavy atom. The van der Waals surface area contributed by atoms with Crippen LogP contribution in [0.2, 0.25) is 0 Å². The Kier molecular flexibility index (Phi) is 4.02. The molecule has 0 spiro atoms. The summed E-state index contributed by atoms with van der Waals surface area (Å²) < 4.78 is 0. The predicted molar refractivity (Wildman–Crippen MR) is 63.5 cm³/mol. The van der Waals surface area contributed by atoms with E-state index in [0.29, 0.717) is 6.42 Å². The van der Waals surface area contributed by atoms with E-state index < -0.39 is 5.97 Å². The third kappa shape index (κ3) is 2.99. The van der Waals surface area contributed by atoms with Crippen molar-refractivity contribution in [3.05, 3.63) is 0 Å². The van der Waals surface area contributed by atoms with Crippen LogP contribution in [0.15, 0.2) is 0 Å². The van der Waals surface area contributed by atoms with Gasteiger partial charge in [-0.15, -0.1) is 0 Å². The van der Waals surface area contributed by atoms with Crippen LogP contribution in [0.1, 0.15) is 51.4 Å². The van der Waals surface area contributed by atoms with Gasteiger partial charge < -0.3 is 10.4 Å². The zero-order chi connectivity index (χ0) is 12.3. The average molecular weight is 239 g/mol. The summed E-state index contributed by atoms with van der Waals surface area (Å²) in [7, 11) is 0. The highest BCUT2D eigenvalue weighted by Gasteiger charge is 2.33. The molecule has 0 aromatic heterocycles. The van der Waals surface area contributed by atoms with E-state index >= 15 is 0 Å². The van der Waals surface area contributed by atoms with Crippen LogP contribution in [-0.4, -0.2) is 23.0 Å². The van der Waals surface area contributed by atoms with Gasteiger partial charge >= 0.3 is 5.97 Å². The Morgan fingerprint density at radius 3 is 2.18 bits per heavy atom. The lowest BCUT2D eigenvalue weighted by Crippen LogP contribution is -2.46. The summed E-state index contributed by atoms with van der Waals surface area (Å²) >= 11 is 0. The molecule has 0 heterocycles. The van der Waals surface area contributed by atoms with E-state index in [1.807, 2.05) is 0 Å². The molecule has 0 radical (unpaired) electrons. The van der Waals surface area contributed by atoms with Crippen molar-refractivity contribution in [2.45, 2.75) is 57.4 Å². The normalized spacial score (nSPS) is 30.1. The molecule has 0 aliphatic heterocycles. The summed E-state index contributed by atoms with van der Waals surface area (Å²) in [6, 6.07) is -0.144.